The smallest absolute Gasteiger partial charge is 0.337 e. The highest BCUT2D eigenvalue weighted by atomic mass is 79.9. The van der Waals surface area contributed by atoms with Gasteiger partial charge in [-0.3, -0.25) is 9.59 Å². The number of hydrogen-bond acceptors (Lipinski definition) is 5. The average molecular weight is 435 g/mol. The van der Waals surface area contributed by atoms with E-state index in [0.29, 0.717) is 16.9 Å². The number of anilines is 2. The number of carbonyl (C=O) groups excluding carboxylic acids is 2. The number of carboxylic acid groups (broad SMARTS) is 1. The zero-order valence-electron chi connectivity index (χ0n) is 14.9. The minimum absolute atomic E-state index is 0.0320. The number of ether oxygens (including phenoxy) is 1. The van der Waals surface area contributed by atoms with Crippen molar-refractivity contribution in [2.45, 2.75) is 6.92 Å². The molecule has 2 aromatic rings. The fourth-order valence-corrected chi connectivity index (χ4v) is 2.67. The third-order valence-electron chi connectivity index (χ3n) is 3.67. The van der Waals surface area contributed by atoms with Crippen LogP contribution in [-0.2, 0) is 9.53 Å². The molecule has 0 unspecified atom stereocenters. The summed E-state index contributed by atoms with van der Waals surface area (Å²) >= 11 is 3.30. The van der Waals surface area contributed by atoms with E-state index in [9.17, 15) is 19.5 Å². The highest BCUT2D eigenvalue weighted by Gasteiger charge is 2.18. The Kier molecular flexibility index (Phi) is 6.95. The Bertz CT molecular complexity index is 852. The summed E-state index contributed by atoms with van der Waals surface area (Å²) in [4.78, 5) is 37.0. The lowest BCUT2D eigenvalue weighted by molar-refractivity contribution is -0.141. The third kappa shape index (κ3) is 5.55. The lowest BCUT2D eigenvalue weighted by atomic mass is 10.1. The molecule has 2 rings (SSSR count). The normalized spacial score (nSPS) is 10.2. The number of carbonyl (C=O) groups is 3. The molecular formula is C19H19BrN2O5. The number of hydrogen-bond donors (Lipinski definition) is 2. The lowest BCUT2D eigenvalue weighted by Crippen LogP contribution is -2.28. The summed E-state index contributed by atoms with van der Waals surface area (Å²) in [6, 6.07) is 11.3. The molecule has 1 amide bonds. The number of likely N-dealkylation sites (N-methyl/N-ethyl adjacent to an activating group) is 1. The van der Waals surface area contributed by atoms with Crippen LogP contribution < -0.4 is 10.2 Å². The topological polar surface area (TPSA) is 95.9 Å². The molecule has 0 aliphatic carbocycles. The van der Waals surface area contributed by atoms with Crippen molar-refractivity contribution in [3.05, 3.63) is 58.1 Å². The van der Waals surface area contributed by atoms with Crippen LogP contribution in [0.15, 0.2) is 46.9 Å². The van der Waals surface area contributed by atoms with Crippen LogP contribution in [0, 0.1) is 0 Å². The summed E-state index contributed by atoms with van der Waals surface area (Å²) in [6.07, 6.45) is 0. The number of halogens is 1. The largest absolute Gasteiger partial charge is 0.478 e. The first-order chi connectivity index (χ1) is 12.8. The van der Waals surface area contributed by atoms with Crippen LogP contribution in [-0.4, -0.2) is 43.2 Å². The van der Waals surface area contributed by atoms with Gasteiger partial charge in [-0.1, -0.05) is 15.9 Å². The molecule has 0 aliphatic heterocycles. The van der Waals surface area contributed by atoms with E-state index >= 15 is 0 Å². The number of nitrogens with one attached hydrogen (secondary N) is 1. The Labute approximate surface area is 165 Å². The van der Waals surface area contributed by atoms with Crippen LogP contribution in [0.2, 0.25) is 0 Å². The van der Waals surface area contributed by atoms with Gasteiger partial charge in [-0.05, 0) is 49.4 Å². The van der Waals surface area contributed by atoms with Gasteiger partial charge in [-0.2, -0.15) is 0 Å². The van der Waals surface area contributed by atoms with Crippen molar-refractivity contribution in [1.82, 2.24) is 0 Å². The average Bonchev–Trinajstić information content (AvgIpc) is 2.62. The summed E-state index contributed by atoms with van der Waals surface area (Å²) in [5, 5.41) is 12.2. The fourth-order valence-electron chi connectivity index (χ4n) is 2.41. The van der Waals surface area contributed by atoms with Gasteiger partial charge in [0.2, 0.25) is 0 Å². The maximum Gasteiger partial charge on any atom is 0.337 e. The second kappa shape index (κ2) is 9.18. The molecule has 0 atom stereocenters. The van der Waals surface area contributed by atoms with Crippen molar-refractivity contribution in [1.29, 1.82) is 0 Å². The molecule has 0 aliphatic rings. The van der Waals surface area contributed by atoms with E-state index < -0.39 is 11.9 Å². The highest BCUT2D eigenvalue weighted by molar-refractivity contribution is 9.10. The Balaban J connectivity index is 2.21. The first-order valence-electron chi connectivity index (χ1n) is 8.12. The minimum atomic E-state index is -1.17. The first-order valence-corrected chi connectivity index (χ1v) is 8.92. The lowest BCUT2D eigenvalue weighted by Gasteiger charge is -2.21. The fraction of sp³-hybridized carbons (Fsp3) is 0.211. The van der Waals surface area contributed by atoms with E-state index in [1.807, 2.05) is 0 Å². The van der Waals surface area contributed by atoms with E-state index in [1.54, 1.807) is 50.4 Å². The van der Waals surface area contributed by atoms with Crippen molar-refractivity contribution >= 4 is 45.2 Å². The molecule has 2 N–H and O–H groups in total. The third-order valence-corrected chi connectivity index (χ3v) is 4.20. The number of nitrogens with zero attached hydrogens (tertiary/aromatic N) is 1. The molecule has 27 heavy (non-hydrogen) atoms. The van der Waals surface area contributed by atoms with Gasteiger partial charge in [0.25, 0.3) is 5.91 Å². The molecule has 0 fully saturated rings. The molecule has 0 heterocycles. The summed E-state index contributed by atoms with van der Waals surface area (Å²) in [6.45, 7) is 1.86. The number of esters is 1. The van der Waals surface area contributed by atoms with Crippen LogP contribution >= 0.6 is 15.9 Å². The quantitative estimate of drug-likeness (QED) is 0.648. The van der Waals surface area contributed by atoms with Crippen LogP contribution in [0.4, 0.5) is 11.4 Å². The summed E-state index contributed by atoms with van der Waals surface area (Å²) in [7, 11) is 1.60. The van der Waals surface area contributed by atoms with Gasteiger partial charge in [0.15, 0.2) is 0 Å². The minimum Gasteiger partial charge on any atom is -0.478 e. The molecule has 0 aromatic heterocycles. The maximum absolute atomic E-state index is 12.3. The van der Waals surface area contributed by atoms with E-state index in [1.165, 1.54) is 11.0 Å². The Morgan fingerprint density at radius 2 is 1.81 bits per heavy atom. The van der Waals surface area contributed by atoms with E-state index in [4.69, 9.17) is 4.74 Å². The van der Waals surface area contributed by atoms with E-state index in [0.717, 1.165) is 4.47 Å². The molecule has 8 heteroatoms. The van der Waals surface area contributed by atoms with Gasteiger partial charge in [0, 0.05) is 22.8 Å². The summed E-state index contributed by atoms with van der Waals surface area (Å²) in [5.41, 5.74) is 1.10. The van der Waals surface area contributed by atoms with Crippen molar-refractivity contribution in [3.63, 3.8) is 0 Å². The summed E-state index contributed by atoms with van der Waals surface area (Å²) < 4.78 is 5.73. The molecule has 0 spiro atoms. The first kappa shape index (κ1) is 20.4. The molecule has 0 saturated carbocycles. The Morgan fingerprint density at radius 3 is 2.41 bits per heavy atom. The number of rotatable bonds is 7. The van der Waals surface area contributed by atoms with Crippen LogP contribution in [0.25, 0.3) is 0 Å². The highest BCUT2D eigenvalue weighted by Crippen LogP contribution is 2.24. The SMILES string of the molecule is CCOC(=O)CN(C)c1ccc(NC(=O)c2ccc(Br)cc2)cc1C(=O)O. The van der Waals surface area contributed by atoms with Crippen molar-refractivity contribution in [2.24, 2.45) is 0 Å². The van der Waals surface area contributed by atoms with Crippen molar-refractivity contribution in [2.75, 3.05) is 30.4 Å². The zero-order valence-corrected chi connectivity index (χ0v) is 16.4. The number of amides is 1. The number of carboxylic acids is 1. The molecule has 0 saturated heterocycles. The van der Waals surface area contributed by atoms with Gasteiger partial charge < -0.3 is 20.1 Å². The van der Waals surface area contributed by atoms with Gasteiger partial charge in [0.05, 0.1) is 17.9 Å². The van der Waals surface area contributed by atoms with Gasteiger partial charge in [0.1, 0.15) is 6.54 Å². The van der Waals surface area contributed by atoms with Crippen LogP contribution in [0.3, 0.4) is 0 Å². The predicted octanol–water partition coefficient (Wildman–Crippen LogP) is 3.40. The standard InChI is InChI=1S/C19H19BrN2O5/c1-3-27-17(23)11-22(2)16-9-8-14(10-15(16)19(25)26)21-18(24)12-4-6-13(20)7-5-12/h4-10H,3,11H2,1-2H3,(H,21,24)(H,25,26). The Hall–Kier alpha value is -2.87. The summed E-state index contributed by atoms with van der Waals surface area (Å²) in [5.74, 6) is -1.98. The number of aromatic carboxylic acids is 1. The molecule has 142 valence electrons. The molecule has 7 nitrogen and oxygen atoms in total. The number of benzene rings is 2. The maximum atomic E-state index is 12.3. The molecule has 0 bridgehead atoms. The molecular weight excluding hydrogens is 416 g/mol. The van der Waals surface area contributed by atoms with Crippen LogP contribution in [0.5, 0.6) is 0 Å². The van der Waals surface area contributed by atoms with Crippen LogP contribution in [0.1, 0.15) is 27.6 Å². The van der Waals surface area contributed by atoms with Crippen molar-refractivity contribution < 1.29 is 24.2 Å². The predicted molar refractivity (Wildman–Crippen MR) is 105 cm³/mol. The molecule has 0 radical (unpaired) electrons. The van der Waals surface area contributed by atoms with E-state index in [-0.39, 0.29) is 24.6 Å². The Morgan fingerprint density at radius 1 is 1.15 bits per heavy atom. The van der Waals surface area contributed by atoms with Gasteiger partial charge in [-0.25, -0.2) is 4.79 Å². The monoisotopic (exact) mass is 434 g/mol. The van der Waals surface area contributed by atoms with Gasteiger partial charge in [-0.15, -0.1) is 0 Å². The second-order valence-electron chi connectivity index (χ2n) is 5.66. The molecule has 2 aromatic carbocycles. The van der Waals surface area contributed by atoms with Gasteiger partial charge >= 0.3 is 11.9 Å². The zero-order chi connectivity index (χ0) is 20.0. The van der Waals surface area contributed by atoms with E-state index in [2.05, 4.69) is 21.2 Å². The van der Waals surface area contributed by atoms with Crippen molar-refractivity contribution in [3.8, 4) is 0 Å². The second-order valence-corrected chi connectivity index (χ2v) is 6.57.